The highest BCUT2D eigenvalue weighted by Crippen LogP contribution is 2.59. The van der Waals surface area contributed by atoms with E-state index in [9.17, 15) is 34.0 Å². The van der Waals surface area contributed by atoms with E-state index in [1.54, 1.807) is 12.1 Å². The minimum absolute atomic E-state index is 0.0698. The van der Waals surface area contributed by atoms with Crippen molar-refractivity contribution in [1.29, 1.82) is 5.26 Å². The maximum absolute atomic E-state index is 13.7. The highest BCUT2D eigenvalue weighted by atomic mass is 32.2. The van der Waals surface area contributed by atoms with E-state index in [0.717, 1.165) is 115 Å². The molecule has 4 fully saturated rings. The Labute approximate surface area is 421 Å². The molecule has 0 spiro atoms. The van der Waals surface area contributed by atoms with Crippen LogP contribution >= 0.6 is 23.5 Å². The first kappa shape index (κ1) is 54.3. The first-order valence-corrected chi connectivity index (χ1v) is 27.0. The molecule has 4 aliphatic carbocycles. The second-order valence-electron chi connectivity index (χ2n) is 19.3. The molecule has 0 amide bonds. The molecule has 0 N–H and O–H groups in total. The zero-order valence-electron chi connectivity index (χ0n) is 40.3. The number of ether oxygens (including phenoxy) is 6. The van der Waals surface area contributed by atoms with Crippen LogP contribution in [-0.2, 0) is 47.7 Å². The molecular weight excluding hydrogens is 933 g/mol. The van der Waals surface area contributed by atoms with Gasteiger partial charge >= 0.3 is 35.8 Å². The number of rotatable bonds is 22. The molecule has 1 aromatic carbocycles. The summed E-state index contributed by atoms with van der Waals surface area (Å²) in [6, 6.07) is 5.26. The van der Waals surface area contributed by atoms with Crippen molar-refractivity contribution in [3.63, 3.8) is 0 Å². The van der Waals surface area contributed by atoms with Crippen LogP contribution in [0.2, 0.25) is 0 Å². The van der Waals surface area contributed by atoms with Crippen molar-refractivity contribution in [2.45, 2.75) is 151 Å². The summed E-state index contributed by atoms with van der Waals surface area (Å²) in [5.41, 5.74) is -0.0797. The quantitative estimate of drug-likeness (QED) is 0.0203. The third kappa shape index (κ3) is 15.7. The number of allylic oxidation sites excluding steroid dienone is 1. The molecule has 0 aromatic heterocycles. The Bertz CT molecular complexity index is 2130. The SMILES string of the molecule is [C-]#[N+]/C(C#N)=C1/Sc2c(OC(=O)C3CCC(C4CCC(C(=O)OCCCCCCOC(=O)C=C)CC4)CC3)ccc(OC(=O)C3CCC(C4CCC(C(=O)OCCCCOC(=O)C=C)CC4)CC3)c2S1. The third-order valence-electron chi connectivity index (χ3n) is 14.9. The Morgan fingerprint density at radius 1 is 0.529 bits per heavy atom. The van der Waals surface area contributed by atoms with Crippen LogP contribution in [0, 0.1) is 65.2 Å². The normalized spacial score (nSPS) is 25.9. The summed E-state index contributed by atoms with van der Waals surface area (Å²) in [4.78, 5) is 79.7. The topological polar surface area (TPSA) is 186 Å². The van der Waals surface area contributed by atoms with Crippen LogP contribution in [-0.4, -0.2) is 62.2 Å². The first-order valence-electron chi connectivity index (χ1n) is 25.4. The molecule has 14 nitrogen and oxygen atoms in total. The molecule has 1 heterocycles. The Kier molecular flexibility index (Phi) is 21.8. The minimum Gasteiger partial charge on any atom is -0.465 e. The zero-order chi connectivity index (χ0) is 49.8. The van der Waals surface area contributed by atoms with Crippen molar-refractivity contribution in [1.82, 2.24) is 0 Å². The summed E-state index contributed by atoms with van der Waals surface area (Å²) in [6.07, 6.45) is 20.4. The summed E-state index contributed by atoms with van der Waals surface area (Å²) in [7, 11) is 0. The molecule has 0 unspecified atom stereocenters. The number of benzene rings is 1. The predicted octanol–water partition coefficient (Wildman–Crippen LogP) is 11.4. The number of nitriles is 1. The van der Waals surface area contributed by atoms with Crippen molar-refractivity contribution in [3.05, 3.63) is 58.8 Å². The van der Waals surface area contributed by atoms with Gasteiger partial charge in [0.15, 0.2) is 0 Å². The monoisotopic (exact) mass is 1000 g/mol. The first-order chi connectivity index (χ1) is 34.0. The molecule has 0 radical (unpaired) electrons. The Morgan fingerprint density at radius 3 is 1.16 bits per heavy atom. The van der Waals surface area contributed by atoms with Gasteiger partial charge in [-0.15, -0.1) is 0 Å². The largest absolute Gasteiger partial charge is 0.465 e. The number of hydrogen-bond acceptors (Lipinski definition) is 15. The fraction of sp³-hybridized carbons (Fsp3) is 0.630. The molecular formula is C54H68N2O12S2. The third-order valence-corrected chi connectivity index (χ3v) is 17.5. The van der Waals surface area contributed by atoms with Gasteiger partial charge in [0.25, 0.3) is 5.70 Å². The Hall–Kier alpha value is -5.06. The minimum atomic E-state index is -0.460. The van der Waals surface area contributed by atoms with Crippen molar-refractivity contribution >= 4 is 59.3 Å². The molecule has 378 valence electrons. The summed E-state index contributed by atoms with van der Waals surface area (Å²) in [5, 5.41) is 9.71. The van der Waals surface area contributed by atoms with Gasteiger partial charge in [-0.2, -0.15) is 0 Å². The van der Waals surface area contributed by atoms with E-state index in [1.807, 2.05) is 6.07 Å². The summed E-state index contributed by atoms with van der Waals surface area (Å²) < 4.78 is 33.7. The molecule has 1 aromatic rings. The maximum Gasteiger partial charge on any atom is 0.330 e. The number of nitrogens with zero attached hydrogens (tertiary/aromatic N) is 2. The summed E-state index contributed by atoms with van der Waals surface area (Å²) in [5.74, 6) is 0.130. The van der Waals surface area contributed by atoms with Crippen LogP contribution < -0.4 is 9.47 Å². The van der Waals surface area contributed by atoms with Crippen molar-refractivity contribution in [2.75, 3.05) is 26.4 Å². The molecule has 6 rings (SSSR count). The maximum atomic E-state index is 13.7. The van der Waals surface area contributed by atoms with E-state index in [1.165, 1.54) is 23.5 Å². The molecule has 4 saturated carbocycles. The average Bonchev–Trinajstić information content (AvgIpc) is 3.85. The van der Waals surface area contributed by atoms with Crippen LogP contribution in [0.15, 0.2) is 57.2 Å². The smallest absolute Gasteiger partial charge is 0.330 e. The van der Waals surface area contributed by atoms with Crippen molar-refractivity contribution in [3.8, 4) is 17.6 Å². The number of unbranched alkanes of at least 4 members (excludes halogenated alkanes) is 4. The molecule has 0 saturated heterocycles. The fourth-order valence-electron chi connectivity index (χ4n) is 10.8. The van der Waals surface area contributed by atoms with Crippen molar-refractivity contribution in [2.24, 2.45) is 47.3 Å². The average molecular weight is 1000 g/mol. The van der Waals surface area contributed by atoms with Crippen LogP contribution in [0.3, 0.4) is 0 Å². The van der Waals surface area contributed by atoms with E-state index in [-0.39, 0.29) is 59.9 Å². The van der Waals surface area contributed by atoms with Gasteiger partial charge in [0.1, 0.15) is 11.5 Å². The van der Waals surface area contributed by atoms with Gasteiger partial charge in [-0.05, 0) is 177 Å². The van der Waals surface area contributed by atoms with Gasteiger partial charge in [0, 0.05) is 12.2 Å². The lowest BCUT2D eigenvalue weighted by atomic mass is 9.69. The highest BCUT2D eigenvalue weighted by Gasteiger charge is 2.39. The van der Waals surface area contributed by atoms with Crippen molar-refractivity contribution < 1.29 is 57.2 Å². The summed E-state index contributed by atoms with van der Waals surface area (Å²) in [6.45, 7) is 15.7. The number of carbonyl (C=O) groups excluding carboxylic acids is 6. The van der Waals surface area contributed by atoms with E-state index >= 15 is 0 Å². The van der Waals surface area contributed by atoms with Crippen LogP contribution in [0.25, 0.3) is 4.85 Å². The molecule has 5 aliphatic rings. The number of hydrogen-bond donors (Lipinski definition) is 0. The lowest BCUT2D eigenvalue weighted by molar-refractivity contribution is -0.151. The molecule has 16 heteroatoms. The second kappa shape index (κ2) is 28.1. The van der Waals surface area contributed by atoms with Gasteiger partial charge in [-0.1, -0.05) is 36.7 Å². The van der Waals surface area contributed by atoms with Gasteiger partial charge < -0.3 is 28.4 Å². The number of thioether (sulfide) groups is 2. The Morgan fingerprint density at radius 2 is 0.843 bits per heavy atom. The zero-order valence-corrected chi connectivity index (χ0v) is 42.0. The Balaban J connectivity index is 0.917. The van der Waals surface area contributed by atoms with E-state index < -0.39 is 11.9 Å². The van der Waals surface area contributed by atoms with Gasteiger partial charge in [-0.3, -0.25) is 19.2 Å². The van der Waals surface area contributed by atoms with Gasteiger partial charge in [0.05, 0.1) is 76.8 Å². The summed E-state index contributed by atoms with van der Waals surface area (Å²) >= 11 is 2.37. The van der Waals surface area contributed by atoms with Crippen LogP contribution in [0.4, 0.5) is 0 Å². The van der Waals surface area contributed by atoms with Gasteiger partial charge in [-0.25, -0.2) is 19.7 Å². The number of carbonyl (C=O) groups is 6. The lowest BCUT2D eigenvalue weighted by Crippen LogP contribution is -2.31. The molecule has 1 aliphatic heterocycles. The van der Waals surface area contributed by atoms with E-state index in [4.69, 9.17) is 35.0 Å². The fourth-order valence-corrected chi connectivity index (χ4v) is 13.3. The second-order valence-corrected chi connectivity index (χ2v) is 21.6. The van der Waals surface area contributed by atoms with Gasteiger partial charge in [0.2, 0.25) is 0 Å². The van der Waals surface area contributed by atoms with Crippen LogP contribution in [0.5, 0.6) is 11.5 Å². The lowest BCUT2D eigenvalue weighted by Gasteiger charge is -2.36. The highest BCUT2D eigenvalue weighted by molar-refractivity contribution is 8.24. The van der Waals surface area contributed by atoms with E-state index in [2.05, 4.69) is 18.0 Å². The standard InChI is InChI=1S/C54H68N2O12S2/c1-4-46(57)63-30-8-6-7-9-32-65-50(59)39-20-12-35(13-21-39)37-16-24-41(25-17-37)52(61)67-44-28-29-45(49-48(44)69-54(70-49)43(34-55)56-3)68-53(62)42-26-18-38(19-27-42)36-14-22-40(23-15-36)51(60)66-33-11-10-31-64-47(58)5-2/h4-5,28-29,35-42H,1-2,6-27,30-33H2/b54-43-. The number of esters is 6. The molecule has 70 heavy (non-hydrogen) atoms. The predicted molar refractivity (Wildman–Crippen MR) is 262 cm³/mol. The molecule has 0 bridgehead atoms. The van der Waals surface area contributed by atoms with Crippen LogP contribution in [0.1, 0.15) is 141 Å². The number of fused-ring (bicyclic) bond motifs is 1. The molecule has 0 atom stereocenters. The van der Waals surface area contributed by atoms with E-state index in [0.29, 0.717) is 108 Å².